The van der Waals surface area contributed by atoms with Gasteiger partial charge in [0.1, 0.15) is 11.5 Å². The number of amides is 1. The first-order valence-corrected chi connectivity index (χ1v) is 9.55. The topological polar surface area (TPSA) is 80.3 Å². The lowest BCUT2D eigenvalue weighted by molar-refractivity contribution is 0.241. The van der Waals surface area contributed by atoms with Gasteiger partial charge < -0.3 is 14.9 Å². The zero-order chi connectivity index (χ0) is 20.7. The third-order valence-corrected chi connectivity index (χ3v) is 4.92. The molecule has 2 aromatic carbocycles. The average Bonchev–Trinajstić information content (AvgIpc) is 3.18. The predicted octanol–water partition coefficient (Wildman–Crippen LogP) is 5.25. The second kappa shape index (κ2) is 7.13. The number of carbonyl (C=O) groups excluding carboxylic acids is 1. The molecule has 0 saturated carbocycles. The largest absolute Gasteiger partial charge is 0.508 e. The minimum atomic E-state index is -0.212. The maximum absolute atomic E-state index is 13.3. The second-order valence-corrected chi connectivity index (χ2v) is 7.43. The smallest absolute Gasteiger partial charge is 0.326 e. The van der Waals surface area contributed by atoms with Crippen molar-refractivity contribution in [1.29, 1.82) is 0 Å². The van der Waals surface area contributed by atoms with Crippen molar-refractivity contribution in [1.82, 2.24) is 15.0 Å². The van der Waals surface area contributed by atoms with Crippen LogP contribution in [0.1, 0.15) is 25.3 Å². The van der Waals surface area contributed by atoms with Crippen LogP contribution in [0, 0.1) is 13.8 Å². The van der Waals surface area contributed by atoms with Crippen molar-refractivity contribution in [2.75, 3.05) is 0 Å². The Labute approximate surface area is 168 Å². The van der Waals surface area contributed by atoms with Crippen LogP contribution >= 0.6 is 0 Å². The van der Waals surface area contributed by atoms with Gasteiger partial charge in [0.15, 0.2) is 0 Å². The Balaban J connectivity index is 2.15. The maximum atomic E-state index is 13.3. The molecule has 2 aromatic heterocycles. The number of aryl methyl sites for hydroxylation is 2. The van der Waals surface area contributed by atoms with Crippen molar-refractivity contribution in [2.24, 2.45) is 0 Å². The number of para-hydroxylation sites is 1. The second-order valence-electron chi connectivity index (χ2n) is 7.43. The van der Waals surface area contributed by atoms with Crippen LogP contribution in [0.25, 0.3) is 33.3 Å². The molecule has 4 aromatic rings. The molecular weight excluding hydrogens is 366 g/mol. The SMILES string of the molecule is Cc1noc(C)c1-c1c(-c2ccc(O)cc2)c2ccccc2n1C(=O)NC(C)C. The van der Waals surface area contributed by atoms with Crippen LogP contribution in [0.3, 0.4) is 0 Å². The van der Waals surface area contributed by atoms with E-state index >= 15 is 0 Å². The van der Waals surface area contributed by atoms with Crippen molar-refractivity contribution in [3.63, 3.8) is 0 Å². The number of benzene rings is 2. The van der Waals surface area contributed by atoms with Crippen molar-refractivity contribution >= 4 is 16.9 Å². The van der Waals surface area contributed by atoms with Crippen LogP contribution in [0.2, 0.25) is 0 Å². The number of fused-ring (bicyclic) bond motifs is 1. The molecule has 0 atom stereocenters. The molecule has 0 radical (unpaired) electrons. The van der Waals surface area contributed by atoms with Crippen molar-refractivity contribution < 1.29 is 14.4 Å². The van der Waals surface area contributed by atoms with E-state index in [0.29, 0.717) is 11.5 Å². The van der Waals surface area contributed by atoms with Crippen molar-refractivity contribution in [3.05, 3.63) is 60.0 Å². The van der Waals surface area contributed by atoms with E-state index < -0.39 is 0 Å². The fourth-order valence-corrected chi connectivity index (χ4v) is 3.74. The molecule has 0 bridgehead atoms. The van der Waals surface area contributed by atoms with E-state index in [1.165, 1.54) is 0 Å². The lowest BCUT2D eigenvalue weighted by atomic mass is 9.97. The van der Waals surface area contributed by atoms with Crippen LogP contribution in [0.4, 0.5) is 4.79 Å². The van der Waals surface area contributed by atoms with Gasteiger partial charge in [-0.25, -0.2) is 4.79 Å². The molecule has 0 aliphatic heterocycles. The van der Waals surface area contributed by atoms with Gasteiger partial charge in [-0.3, -0.25) is 4.57 Å². The van der Waals surface area contributed by atoms with E-state index in [1.807, 2.05) is 64.1 Å². The normalized spacial score (nSPS) is 11.3. The summed E-state index contributed by atoms with van der Waals surface area (Å²) in [5.41, 5.74) is 4.82. The van der Waals surface area contributed by atoms with E-state index in [9.17, 15) is 9.90 Å². The number of hydrogen-bond acceptors (Lipinski definition) is 4. The fourth-order valence-electron chi connectivity index (χ4n) is 3.74. The highest BCUT2D eigenvalue weighted by atomic mass is 16.5. The minimum absolute atomic E-state index is 0.0155. The van der Waals surface area contributed by atoms with E-state index in [1.54, 1.807) is 16.7 Å². The number of aromatic nitrogens is 2. The maximum Gasteiger partial charge on any atom is 0.326 e. The third-order valence-electron chi connectivity index (χ3n) is 4.92. The van der Waals surface area contributed by atoms with Crippen LogP contribution in [0.5, 0.6) is 5.75 Å². The molecule has 0 spiro atoms. The van der Waals surface area contributed by atoms with Crippen molar-refractivity contribution in [2.45, 2.75) is 33.7 Å². The summed E-state index contributed by atoms with van der Waals surface area (Å²) in [6, 6.07) is 14.6. The number of rotatable bonds is 3. The van der Waals surface area contributed by atoms with E-state index in [2.05, 4.69) is 10.5 Å². The zero-order valence-electron chi connectivity index (χ0n) is 16.9. The summed E-state index contributed by atoms with van der Waals surface area (Å²) in [6.45, 7) is 7.58. The molecule has 6 heteroatoms. The van der Waals surface area contributed by atoms with Crippen LogP contribution < -0.4 is 5.32 Å². The number of aromatic hydroxyl groups is 1. The minimum Gasteiger partial charge on any atom is -0.508 e. The molecule has 1 amide bonds. The summed E-state index contributed by atoms with van der Waals surface area (Å²) in [4.78, 5) is 13.3. The molecule has 0 saturated heterocycles. The van der Waals surface area contributed by atoms with Gasteiger partial charge in [-0.15, -0.1) is 0 Å². The summed E-state index contributed by atoms with van der Waals surface area (Å²) < 4.78 is 7.13. The molecule has 29 heavy (non-hydrogen) atoms. The Bertz CT molecular complexity index is 1180. The molecule has 0 unspecified atom stereocenters. The van der Waals surface area contributed by atoms with Gasteiger partial charge in [0, 0.05) is 17.0 Å². The molecular formula is C23H23N3O3. The number of phenolic OH excluding ortho intramolecular Hbond substituents is 1. The molecule has 6 nitrogen and oxygen atoms in total. The lowest BCUT2D eigenvalue weighted by Gasteiger charge is -2.14. The van der Waals surface area contributed by atoms with E-state index in [4.69, 9.17) is 4.52 Å². The Kier molecular flexibility index (Phi) is 4.62. The summed E-state index contributed by atoms with van der Waals surface area (Å²) in [5, 5.41) is 17.8. The molecule has 0 fully saturated rings. The number of carbonyl (C=O) groups is 1. The van der Waals surface area contributed by atoms with Gasteiger partial charge in [0.05, 0.1) is 22.5 Å². The Hall–Kier alpha value is -3.54. The number of hydrogen-bond donors (Lipinski definition) is 2. The van der Waals surface area contributed by atoms with E-state index in [-0.39, 0.29) is 17.8 Å². The summed E-state index contributed by atoms with van der Waals surface area (Å²) in [5.74, 6) is 0.831. The van der Waals surface area contributed by atoms with Crippen LogP contribution in [-0.4, -0.2) is 26.9 Å². The van der Waals surface area contributed by atoms with Gasteiger partial charge in [-0.05, 0) is 51.5 Å². The van der Waals surface area contributed by atoms with Crippen molar-refractivity contribution in [3.8, 4) is 28.1 Å². The first-order chi connectivity index (χ1) is 13.9. The lowest BCUT2D eigenvalue weighted by Crippen LogP contribution is -2.34. The standard InChI is InChI=1S/C23H23N3O3/c1-13(2)24-23(28)26-19-8-6-5-7-18(19)21(16-9-11-17(27)12-10-16)22(26)20-14(3)25-29-15(20)4/h5-13,27H,1-4H3,(H,24,28). The van der Waals surface area contributed by atoms with Gasteiger partial charge in [0.25, 0.3) is 0 Å². The van der Waals surface area contributed by atoms with Gasteiger partial charge >= 0.3 is 6.03 Å². The highest BCUT2D eigenvalue weighted by Crippen LogP contribution is 2.43. The zero-order valence-corrected chi connectivity index (χ0v) is 16.9. The Morgan fingerprint density at radius 3 is 2.38 bits per heavy atom. The molecule has 4 rings (SSSR count). The van der Waals surface area contributed by atoms with Crippen LogP contribution in [0.15, 0.2) is 53.1 Å². The summed E-state index contributed by atoms with van der Waals surface area (Å²) in [7, 11) is 0. The molecule has 2 heterocycles. The van der Waals surface area contributed by atoms with E-state index in [0.717, 1.165) is 33.3 Å². The van der Waals surface area contributed by atoms with Gasteiger partial charge in [-0.2, -0.15) is 0 Å². The first kappa shape index (κ1) is 18.8. The van der Waals surface area contributed by atoms with Crippen LogP contribution in [-0.2, 0) is 0 Å². The monoisotopic (exact) mass is 389 g/mol. The Morgan fingerprint density at radius 1 is 1.07 bits per heavy atom. The fraction of sp³-hybridized carbons (Fsp3) is 0.217. The third kappa shape index (κ3) is 3.16. The van der Waals surface area contributed by atoms with Gasteiger partial charge in [-0.1, -0.05) is 35.5 Å². The highest BCUT2D eigenvalue weighted by molar-refractivity contribution is 6.10. The highest BCUT2D eigenvalue weighted by Gasteiger charge is 2.27. The molecule has 0 aliphatic carbocycles. The number of phenols is 1. The molecule has 2 N–H and O–H groups in total. The Morgan fingerprint density at radius 2 is 1.76 bits per heavy atom. The van der Waals surface area contributed by atoms with Gasteiger partial charge in [0.2, 0.25) is 0 Å². The summed E-state index contributed by atoms with van der Waals surface area (Å²) in [6.07, 6.45) is 0. The molecule has 148 valence electrons. The number of nitrogens with one attached hydrogen (secondary N) is 1. The average molecular weight is 389 g/mol. The summed E-state index contributed by atoms with van der Waals surface area (Å²) >= 11 is 0. The predicted molar refractivity (Wildman–Crippen MR) is 113 cm³/mol. The molecule has 0 aliphatic rings. The quantitative estimate of drug-likeness (QED) is 0.501. The number of nitrogens with zero attached hydrogens (tertiary/aromatic N) is 2. The first-order valence-electron chi connectivity index (χ1n) is 9.55.